The van der Waals surface area contributed by atoms with Gasteiger partial charge in [-0.1, -0.05) is 53.3 Å². The summed E-state index contributed by atoms with van der Waals surface area (Å²) in [4.78, 5) is 32.0. The van der Waals surface area contributed by atoms with Crippen molar-refractivity contribution in [1.29, 1.82) is 0 Å². The summed E-state index contributed by atoms with van der Waals surface area (Å²) in [6, 6.07) is 16.9. The molecule has 1 atom stereocenters. The van der Waals surface area contributed by atoms with Gasteiger partial charge in [-0.15, -0.1) is 0 Å². The second-order valence-corrected chi connectivity index (χ2v) is 12.2. The van der Waals surface area contributed by atoms with Gasteiger partial charge in [-0.2, -0.15) is 0 Å². The fraction of sp³-hybridized carbons (Fsp3) is 0.194. The Morgan fingerprint density at radius 3 is 2.37 bits per heavy atom. The van der Waals surface area contributed by atoms with Gasteiger partial charge in [0.25, 0.3) is 5.56 Å². The van der Waals surface area contributed by atoms with E-state index in [0.29, 0.717) is 35.3 Å². The maximum Gasteiger partial charge on any atom is 0.338 e. The number of nitrogens with zero attached hydrogens (tertiary/aromatic N) is 2. The van der Waals surface area contributed by atoms with E-state index in [1.807, 2.05) is 43.3 Å². The first-order valence-corrected chi connectivity index (χ1v) is 15.2. The Morgan fingerprint density at radius 2 is 1.73 bits per heavy atom. The molecule has 1 aromatic heterocycles. The molecule has 2 heterocycles. The molecule has 10 heteroatoms. The smallest absolute Gasteiger partial charge is 0.338 e. The van der Waals surface area contributed by atoms with Crippen molar-refractivity contribution in [2.24, 2.45) is 4.99 Å². The first-order valence-electron chi connectivity index (χ1n) is 12.8. The molecule has 0 saturated carbocycles. The summed E-state index contributed by atoms with van der Waals surface area (Å²) >= 11 is 8.41. The number of hydrogen-bond donors (Lipinski definition) is 0. The zero-order valence-electron chi connectivity index (χ0n) is 22.4. The van der Waals surface area contributed by atoms with Crippen molar-refractivity contribution in [3.63, 3.8) is 0 Å². The van der Waals surface area contributed by atoms with E-state index < -0.39 is 12.0 Å². The van der Waals surface area contributed by atoms with Crippen LogP contribution >= 0.6 is 43.2 Å². The van der Waals surface area contributed by atoms with Crippen LogP contribution in [0.2, 0.25) is 0 Å². The Morgan fingerprint density at radius 1 is 1.07 bits per heavy atom. The molecule has 4 aromatic rings. The van der Waals surface area contributed by atoms with Crippen molar-refractivity contribution >= 4 is 55.2 Å². The Kier molecular flexibility index (Phi) is 8.72. The maximum absolute atomic E-state index is 13.9. The molecule has 41 heavy (non-hydrogen) atoms. The molecule has 6 nitrogen and oxygen atoms in total. The van der Waals surface area contributed by atoms with Crippen molar-refractivity contribution < 1.29 is 18.7 Å². The Balaban J connectivity index is 1.54. The molecule has 0 aliphatic carbocycles. The van der Waals surface area contributed by atoms with Crippen molar-refractivity contribution in [2.45, 2.75) is 33.4 Å². The summed E-state index contributed by atoms with van der Waals surface area (Å²) in [5.41, 5.74) is 4.08. The molecular weight excluding hydrogens is 675 g/mol. The van der Waals surface area contributed by atoms with Crippen LogP contribution in [0.4, 0.5) is 4.39 Å². The summed E-state index contributed by atoms with van der Waals surface area (Å²) in [5, 5.41) is 0. The van der Waals surface area contributed by atoms with Crippen molar-refractivity contribution in [2.75, 3.05) is 6.61 Å². The number of fused-ring (bicyclic) bond motifs is 1. The van der Waals surface area contributed by atoms with Crippen LogP contribution in [0.1, 0.15) is 42.1 Å². The second-order valence-electron chi connectivity index (χ2n) is 9.44. The summed E-state index contributed by atoms with van der Waals surface area (Å²) in [6.07, 6.45) is 1.79. The van der Waals surface area contributed by atoms with Crippen LogP contribution in [0.5, 0.6) is 5.75 Å². The maximum atomic E-state index is 13.9. The highest BCUT2D eigenvalue weighted by Gasteiger charge is 2.33. The molecule has 0 spiro atoms. The second kappa shape index (κ2) is 12.3. The van der Waals surface area contributed by atoms with E-state index in [9.17, 15) is 14.0 Å². The van der Waals surface area contributed by atoms with Gasteiger partial charge in [0.2, 0.25) is 0 Å². The summed E-state index contributed by atoms with van der Waals surface area (Å²) in [6.45, 7) is 5.98. The predicted octanol–water partition coefficient (Wildman–Crippen LogP) is 6.35. The minimum absolute atomic E-state index is 0.216. The average Bonchev–Trinajstić information content (AvgIpc) is 3.23. The third kappa shape index (κ3) is 6.14. The topological polar surface area (TPSA) is 69.9 Å². The number of aryl methyl sites for hydroxylation is 1. The number of thiazole rings is 1. The van der Waals surface area contributed by atoms with E-state index in [1.54, 1.807) is 36.6 Å². The fourth-order valence-electron chi connectivity index (χ4n) is 4.54. The summed E-state index contributed by atoms with van der Waals surface area (Å²) < 4.78 is 28.0. The van der Waals surface area contributed by atoms with E-state index in [0.717, 1.165) is 22.3 Å². The lowest BCUT2D eigenvalue weighted by Crippen LogP contribution is -2.39. The summed E-state index contributed by atoms with van der Waals surface area (Å²) in [5.74, 6) is -0.206. The number of esters is 1. The number of aromatic nitrogens is 1. The van der Waals surface area contributed by atoms with Crippen molar-refractivity contribution in [3.8, 4) is 5.75 Å². The number of carbonyl (C=O) groups is 1. The van der Waals surface area contributed by atoms with Gasteiger partial charge < -0.3 is 9.47 Å². The molecule has 0 N–H and O–H groups in total. The van der Waals surface area contributed by atoms with Gasteiger partial charge in [-0.25, -0.2) is 14.2 Å². The minimum atomic E-state index is -0.659. The number of allylic oxidation sites excluding steroid dienone is 1. The number of halogens is 3. The Bertz CT molecular complexity index is 1820. The van der Waals surface area contributed by atoms with E-state index in [2.05, 4.69) is 36.9 Å². The van der Waals surface area contributed by atoms with E-state index in [1.165, 1.54) is 23.5 Å². The van der Waals surface area contributed by atoms with Gasteiger partial charge >= 0.3 is 5.97 Å². The lowest BCUT2D eigenvalue weighted by atomic mass is 9.95. The Hall–Kier alpha value is -3.34. The molecule has 1 aliphatic rings. The van der Waals surface area contributed by atoms with Crippen molar-refractivity contribution in [3.05, 3.63) is 129 Å². The number of rotatable bonds is 7. The molecule has 0 fully saturated rings. The van der Waals surface area contributed by atoms with Gasteiger partial charge in [-0.3, -0.25) is 9.36 Å². The van der Waals surface area contributed by atoms with Crippen LogP contribution in [0.15, 0.2) is 90.7 Å². The van der Waals surface area contributed by atoms with Gasteiger partial charge in [0, 0.05) is 0 Å². The highest BCUT2D eigenvalue weighted by molar-refractivity contribution is 9.11. The number of hydrogen-bond acceptors (Lipinski definition) is 6. The quantitative estimate of drug-likeness (QED) is 0.211. The third-order valence-electron chi connectivity index (χ3n) is 6.52. The van der Waals surface area contributed by atoms with Gasteiger partial charge in [-0.05, 0) is 99.7 Å². The van der Waals surface area contributed by atoms with Crippen LogP contribution in [-0.2, 0) is 16.1 Å². The third-order valence-corrected chi connectivity index (χ3v) is 8.69. The zero-order chi connectivity index (χ0) is 29.3. The molecule has 3 aromatic carbocycles. The van der Waals surface area contributed by atoms with E-state index in [4.69, 9.17) is 9.47 Å². The highest BCUT2D eigenvalue weighted by atomic mass is 79.9. The molecule has 210 valence electrons. The molecule has 0 radical (unpaired) electrons. The van der Waals surface area contributed by atoms with Gasteiger partial charge in [0.1, 0.15) is 18.2 Å². The predicted molar refractivity (Wildman–Crippen MR) is 164 cm³/mol. The van der Waals surface area contributed by atoms with Crippen LogP contribution in [0, 0.1) is 12.7 Å². The molecule has 0 bridgehead atoms. The van der Waals surface area contributed by atoms with Crippen molar-refractivity contribution in [1.82, 2.24) is 4.57 Å². The van der Waals surface area contributed by atoms with Crippen LogP contribution in [0.3, 0.4) is 0 Å². The number of benzene rings is 3. The lowest BCUT2D eigenvalue weighted by molar-refractivity contribution is -0.139. The van der Waals surface area contributed by atoms with Gasteiger partial charge in [0.05, 0.1) is 37.4 Å². The molecular formula is C31H25Br2FN2O4S. The molecule has 0 unspecified atom stereocenters. The van der Waals surface area contributed by atoms with Crippen LogP contribution < -0.4 is 19.6 Å². The number of ether oxygens (including phenoxy) is 2. The van der Waals surface area contributed by atoms with Gasteiger partial charge in [0.15, 0.2) is 4.80 Å². The van der Waals surface area contributed by atoms with Crippen LogP contribution in [0.25, 0.3) is 6.08 Å². The highest BCUT2D eigenvalue weighted by Crippen LogP contribution is 2.36. The first kappa shape index (κ1) is 29.2. The Labute approximate surface area is 256 Å². The lowest BCUT2D eigenvalue weighted by Gasteiger charge is -2.24. The fourth-order valence-corrected chi connectivity index (χ4v) is 7.04. The zero-order valence-corrected chi connectivity index (χ0v) is 26.4. The first-order chi connectivity index (χ1) is 19.7. The monoisotopic (exact) mass is 698 g/mol. The SMILES string of the molecule is CCOC(=O)C1=C(C)N=c2s/c(=C/c3cc(Br)c(OCc4ccc(F)cc4)c(Br)c3)c(=O)n2[C@H]1c1ccc(C)cc1. The standard InChI is InChI=1S/C31H25Br2FN2O4S/c1-4-39-30(38)26-18(3)35-31-36(27(26)21-9-5-17(2)6-10-21)29(37)25(41-31)15-20-13-23(32)28(24(33)14-20)40-16-19-7-11-22(34)12-8-19/h5-15,27H,4,16H2,1-3H3/b25-15+/t27-/m0/s1. The minimum Gasteiger partial charge on any atom is -0.487 e. The van der Waals surface area contributed by atoms with E-state index >= 15 is 0 Å². The molecule has 1 aliphatic heterocycles. The summed E-state index contributed by atoms with van der Waals surface area (Å²) in [7, 11) is 0. The van der Waals surface area contributed by atoms with Crippen LogP contribution in [-0.4, -0.2) is 17.1 Å². The molecule has 0 amide bonds. The normalized spacial score (nSPS) is 15.0. The molecule has 5 rings (SSSR count). The number of carbonyl (C=O) groups excluding carboxylic acids is 1. The van der Waals surface area contributed by atoms with E-state index in [-0.39, 0.29) is 24.6 Å². The average molecular weight is 700 g/mol. The largest absolute Gasteiger partial charge is 0.487 e. The molecule has 0 saturated heterocycles.